The van der Waals surface area contributed by atoms with E-state index in [0.29, 0.717) is 28.7 Å². The average Bonchev–Trinajstić information content (AvgIpc) is 3.30. The van der Waals surface area contributed by atoms with Crippen LogP contribution in [0.3, 0.4) is 0 Å². The van der Waals surface area contributed by atoms with Gasteiger partial charge in [0, 0.05) is 22.4 Å². The Hall–Kier alpha value is -4.40. The molecule has 38 heavy (non-hydrogen) atoms. The van der Waals surface area contributed by atoms with E-state index in [1.54, 1.807) is 42.5 Å². The van der Waals surface area contributed by atoms with Gasteiger partial charge in [-0.2, -0.15) is 0 Å². The molecule has 1 N–H and O–H groups in total. The van der Waals surface area contributed by atoms with Crippen LogP contribution in [0.25, 0.3) is 11.0 Å². The summed E-state index contributed by atoms with van der Waals surface area (Å²) in [5, 5.41) is 11.2. The monoisotopic (exact) mass is 515 g/mol. The van der Waals surface area contributed by atoms with Gasteiger partial charge in [0.05, 0.1) is 5.52 Å². The maximum atomic E-state index is 15.2. The molecule has 4 aromatic rings. The number of Topliss-reactive ketones (excluding diaryl/α,β-unsaturated/α-hetero) is 1. The SMILES string of the molecule is CCC(C)(C)NC(=O)C(c1ccccc1F)N(C(=O)Cn1nnc2ccccc21)c1ccc(C(C)=O)cc1. The van der Waals surface area contributed by atoms with Crippen LogP contribution in [0.4, 0.5) is 10.1 Å². The fourth-order valence-corrected chi connectivity index (χ4v) is 4.12. The lowest BCUT2D eigenvalue weighted by atomic mass is 9.97. The first-order valence-corrected chi connectivity index (χ1v) is 12.4. The lowest BCUT2D eigenvalue weighted by Crippen LogP contribution is -2.51. The predicted molar refractivity (Wildman–Crippen MR) is 143 cm³/mol. The minimum absolute atomic E-state index is 0.0457. The van der Waals surface area contributed by atoms with Crippen molar-refractivity contribution in [3.63, 3.8) is 0 Å². The summed E-state index contributed by atoms with van der Waals surface area (Å²) < 4.78 is 16.7. The number of nitrogens with zero attached hydrogens (tertiary/aromatic N) is 4. The summed E-state index contributed by atoms with van der Waals surface area (Å²) in [6.45, 7) is 6.84. The highest BCUT2D eigenvalue weighted by atomic mass is 19.1. The number of fused-ring (bicyclic) bond motifs is 1. The number of nitrogens with one attached hydrogen (secondary N) is 1. The fourth-order valence-electron chi connectivity index (χ4n) is 4.12. The number of para-hydroxylation sites is 1. The quantitative estimate of drug-likeness (QED) is 0.321. The van der Waals surface area contributed by atoms with Gasteiger partial charge in [0.2, 0.25) is 11.8 Å². The molecular formula is C29H30FN5O3. The van der Waals surface area contributed by atoms with Gasteiger partial charge < -0.3 is 5.32 Å². The van der Waals surface area contributed by atoms with E-state index in [1.165, 1.54) is 34.7 Å². The minimum Gasteiger partial charge on any atom is -0.349 e. The van der Waals surface area contributed by atoms with Crippen LogP contribution in [0.2, 0.25) is 0 Å². The zero-order valence-corrected chi connectivity index (χ0v) is 21.8. The van der Waals surface area contributed by atoms with Crippen molar-refractivity contribution in [3.8, 4) is 0 Å². The standard InChI is InChI=1S/C29H30FN5O3/c1-5-29(3,4)31-28(38)27(22-10-6-7-11-23(22)30)35(21-16-14-20(15-17-21)19(2)36)26(37)18-34-25-13-9-8-12-24(25)32-33-34/h6-17,27H,5,18H2,1-4H3,(H,31,38). The topological polar surface area (TPSA) is 97.2 Å². The Labute approximate surface area is 220 Å². The number of carbonyl (C=O) groups is 3. The largest absolute Gasteiger partial charge is 0.349 e. The molecule has 1 aromatic heterocycles. The van der Waals surface area contributed by atoms with E-state index in [-0.39, 0.29) is 17.9 Å². The molecule has 0 aliphatic carbocycles. The van der Waals surface area contributed by atoms with E-state index in [4.69, 9.17) is 0 Å². The Kier molecular flexibility index (Phi) is 7.66. The normalized spacial score (nSPS) is 12.2. The minimum atomic E-state index is -1.33. The van der Waals surface area contributed by atoms with Crippen molar-refractivity contribution >= 4 is 34.3 Å². The molecule has 0 saturated heterocycles. The van der Waals surface area contributed by atoms with Crippen LogP contribution in [-0.2, 0) is 16.1 Å². The Morgan fingerprint density at radius 3 is 2.32 bits per heavy atom. The summed E-state index contributed by atoms with van der Waals surface area (Å²) in [6.07, 6.45) is 0.620. The Morgan fingerprint density at radius 1 is 1.00 bits per heavy atom. The van der Waals surface area contributed by atoms with E-state index in [9.17, 15) is 14.4 Å². The molecule has 2 amide bonds. The van der Waals surface area contributed by atoms with Gasteiger partial charge in [0.25, 0.3) is 0 Å². The molecule has 0 fully saturated rings. The number of anilines is 1. The van der Waals surface area contributed by atoms with Gasteiger partial charge in [-0.1, -0.05) is 42.5 Å². The first-order valence-electron chi connectivity index (χ1n) is 12.4. The lowest BCUT2D eigenvalue weighted by Gasteiger charge is -2.34. The van der Waals surface area contributed by atoms with Gasteiger partial charge in [0.15, 0.2) is 5.78 Å². The second kappa shape index (κ2) is 10.9. The first-order chi connectivity index (χ1) is 18.1. The number of hydrogen-bond acceptors (Lipinski definition) is 5. The van der Waals surface area contributed by atoms with Crippen molar-refractivity contribution in [1.82, 2.24) is 20.3 Å². The fraction of sp³-hybridized carbons (Fsp3) is 0.276. The molecule has 4 rings (SSSR count). The van der Waals surface area contributed by atoms with Gasteiger partial charge in [0.1, 0.15) is 23.9 Å². The Morgan fingerprint density at radius 2 is 1.66 bits per heavy atom. The van der Waals surface area contributed by atoms with Crippen molar-refractivity contribution in [2.75, 3.05) is 4.90 Å². The smallest absolute Gasteiger partial charge is 0.249 e. The summed E-state index contributed by atoms with van der Waals surface area (Å²) in [7, 11) is 0. The highest BCUT2D eigenvalue weighted by Crippen LogP contribution is 2.31. The highest BCUT2D eigenvalue weighted by Gasteiger charge is 2.36. The third-order valence-corrected chi connectivity index (χ3v) is 6.58. The average molecular weight is 516 g/mol. The molecule has 9 heteroatoms. The summed E-state index contributed by atoms with van der Waals surface area (Å²) >= 11 is 0. The number of ketones is 1. The zero-order chi connectivity index (χ0) is 27.4. The third kappa shape index (κ3) is 5.61. The number of carbonyl (C=O) groups excluding carboxylic acids is 3. The number of hydrogen-bond donors (Lipinski definition) is 1. The molecule has 0 saturated carbocycles. The molecule has 0 radical (unpaired) electrons. The second-order valence-electron chi connectivity index (χ2n) is 9.75. The van der Waals surface area contributed by atoms with Crippen molar-refractivity contribution in [1.29, 1.82) is 0 Å². The first kappa shape index (κ1) is 26.7. The number of halogens is 1. The van der Waals surface area contributed by atoms with Crippen LogP contribution in [0.15, 0.2) is 72.8 Å². The van der Waals surface area contributed by atoms with Gasteiger partial charge in [-0.3, -0.25) is 19.3 Å². The molecule has 1 unspecified atom stereocenters. The molecule has 1 atom stereocenters. The predicted octanol–water partition coefficient (Wildman–Crippen LogP) is 4.85. The van der Waals surface area contributed by atoms with Gasteiger partial charge in [-0.15, -0.1) is 5.10 Å². The van der Waals surface area contributed by atoms with Crippen molar-refractivity contribution in [2.24, 2.45) is 0 Å². The Bertz CT molecular complexity index is 1480. The van der Waals surface area contributed by atoms with Gasteiger partial charge in [-0.05, 0) is 69.7 Å². The van der Waals surface area contributed by atoms with Crippen LogP contribution in [0.5, 0.6) is 0 Å². The van der Waals surface area contributed by atoms with E-state index in [0.717, 1.165) is 0 Å². The van der Waals surface area contributed by atoms with Crippen LogP contribution in [0.1, 0.15) is 56.1 Å². The number of benzene rings is 3. The number of amides is 2. The van der Waals surface area contributed by atoms with Crippen molar-refractivity contribution < 1.29 is 18.8 Å². The summed E-state index contributed by atoms with van der Waals surface area (Å²) in [6, 6.07) is 18.1. The van der Waals surface area contributed by atoms with Crippen LogP contribution < -0.4 is 10.2 Å². The lowest BCUT2D eigenvalue weighted by molar-refractivity contribution is -0.128. The summed E-state index contributed by atoms with van der Waals surface area (Å²) in [4.78, 5) is 41.0. The Balaban J connectivity index is 1.85. The molecule has 1 heterocycles. The number of rotatable bonds is 9. The van der Waals surface area contributed by atoms with E-state index < -0.39 is 29.2 Å². The molecule has 0 aliphatic rings. The van der Waals surface area contributed by atoms with Gasteiger partial charge in [-0.25, -0.2) is 9.07 Å². The molecule has 0 spiro atoms. The number of aromatic nitrogens is 3. The van der Waals surface area contributed by atoms with Crippen LogP contribution >= 0.6 is 0 Å². The molecule has 8 nitrogen and oxygen atoms in total. The van der Waals surface area contributed by atoms with E-state index in [1.807, 2.05) is 32.9 Å². The molecule has 0 bridgehead atoms. The molecular weight excluding hydrogens is 485 g/mol. The van der Waals surface area contributed by atoms with Crippen LogP contribution in [0, 0.1) is 5.82 Å². The maximum absolute atomic E-state index is 15.2. The molecule has 3 aromatic carbocycles. The second-order valence-corrected chi connectivity index (χ2v) is 9.75. The maximum Gasteiger partial charge on any atom is 0.249 e. The molecule has 0 aliphatic heterocycles. The summed E-state index contributed by atoms with van der Waals surface area (Å²) in [5.41, 5.74) is 1.49. The zero-order valence-electron chi connectivity index (χ0n) is 21.8. The van der Waals surface area contributed by atoms with E-state index in [2.05, 4.69) is 15.6 Å². The summed E-state index contributed by atoms with van der Waals surface area (Å²) in [5.74, 6) is -1.80. The highest BCUT2D eigenvalue weighted by molar-refractivity contribution is 6.02. The third-order valence-electron chi connectivity index (χ3n) is 6.58. The van der Waals surface area contributed by atoms with Crippen molar-refractivity contribution in [2.45, 2.75) is 52.2 Å². The molecule has 196 valence electrons. The van der Waals surface area contributed by atoms with E-state index >= 15 is 4.39 Å². The van der Waals surface area contributed by atoms with Gasteiger partial charge >= 0.3 is 0 Å². The van der Waals surface area contributed by atoms with Crippen LogP contribution in [-0.4, -0.2) is 38.1 Å². The van der Waals surface area contributed by atoms with Crippen molar-refractivity contribution in [3.05, 3.63) is 89.7 Å².